The zero-order valence-electron chi connectivity index (χ0n) is 25.7. The van der Waals surface area contributed by atoms with E-state index in [-0.39, 0.29) is 17.9 Å². The smallest absolute Gasteiger partial charge is 0.467 e. The van der Waals surface area contributed by atoms with E-state index in [0.29, 0.717) is 5.57 Å². The molecule has 4 fully saturated rings. The molecule has 10 atom stereocenters. The maximum atomic E-state index is 13.6. The minimum absolute atomic E-state index is 0.0684. The molecule has 256 valence electrons. The quantitative estimate of drug-likeness (QED) is 0.135. The van der Waals surface area contributed by atoms with E-state index in [2.05, 4.69) is 4.18 Å². The van der Waals surface area contributed by atoms with E-state index >= 15 is 0 Å². The van der Waals surface area contributed by atoms with Gasteiger partial charge in [-0.1, -0.05) is 26.3 Å². The number of aliphatic hydroxyl groups excluding tert-OH is 2. The molecule has 2 bridgehead atoms. The highest BCUT2D eigenvalue weighted by atomic mass is 32.2. The van der Waals surface area contributed by atoms with E-state index in [1.165, 1.54) is 13.8 Å². The molecule has 0 amide bonds. The average molecular weight is 681 g/mol. The first-order valence-corrected chi connectivity index (χ1v) is 15.9. The molecule has 0 aromatic carbocycles. The third-order valence-corrected chi connectivity index (χ3v) is 11.7. The summed E-state index contributed by atoms with van der Waals surface area (Å²) in [6, 6.07) is 0. The van der Waals surface area contributed by atoms with E-state index < -0.39 is 117 Å². The van der Waals surface area contributed by atoms with Gasteiger partial charge >= 0.3 is 33.5 Å². The van der Waals surface area contributed by atoms with Crippen molar-refractivity contribution in [1.29, 1.82) is 0 Å². The molecule has 2 heterocycles. The minimum Gasteiger partial charge on any atom is -0.467 e. The number of hydrogen-bond acceptors (Lipinski definition) is 13. The number of alkyl halides is 3. The van der Waals surface area contributed by atoms with Crippen LogP contribution in [0.1, 0.15) is 47.5 Å². The first-order chi connectivity index (χ1) is 21.1. The highest BCUT2D eigenvalue weighted by molar-refractivity contribution is 7.87. The van der Waals surface area contributed by atoms with Crippen molar-refractivity contribution in [3.8, 4) is 0 Å². The molecule has 2 aliphatic heterocycles. The van der Waals surface area contributed by atoms with Crippen molar-refractivity contribution < 1.29 is 74.1 Å². The SMILES string of the molecule is COC(=O)[C@@]12OC[C@]34C([C@@H](O)C1O)[C@@]1(C)CC(=O)C(OS(=O)(=O)C(F)(F)F)=C(C)C1C[C@H]3OC(=O)[C@H](OC(=O)C=C(C)C(C)C)[C@H]42. The van der Waals surface area contributed by atoms with Gasteiger partial charge in [0.05, 0.1) is 25.7 Å². The van der Waals surface area contributed by atoms with Crippen LogP contribution in [0.15, 0.2) is 23.0 Å². The summed E-state index contributed by atoms with van der Waals surface area (Å²) in [7, 11) is -5.24. The zero-order valence-corrected chi connectivity index (χ0v) is 26.6. The standard InChI is InChI=1S/C29H35F3O13S/c1-11(2)12(3)7-17(34)44-20-22-27-10-42-28(22,25(38)41-6)23(36)18(35)21(27)26(5)9-15(33)19(45-46(39,40)29(30,31)32)13(4)14(26)8-16(27)43-24(20)37/h7,11,14,16,18,20-23,35-36H,8-10H2,1-6H3/t14?,16-,18-,20-,21?,22-,23?,26+,27-,28+/m1/s1. The van der Waals surface area contributed by atoms with Crippen LogP contribution >= 0.6 is 0 Å². The Kier molecular flexibility index (Phi) is 8.02. The van der Waals surface area contributed by atoms with E-state index in [9.17, 15) is 51.0 Å². The van der Waals surface area contributed by atoms with Gasteiger partial charge in [0.15, 0.2) is 11.5 Å². The topological polar surface area (TPSA) is 189 Å². The Hall–Kier alpha value is -3.02. The number of allylic oxidation sites excluding steroid dienone is 3. The minimum atomic E-state index is -6.23. The number of carbonyl (C=O) groups excluding carboxylic acids is 4. The van der Waals surface area contributed by atoms with Gasteiger partial charge in [-0.15, -0.1) is 0 Å². The van der Waals surface area contributed by atoms with Crippen LogP contribution in [0.2, 0.25) is 0 Å². The Balaban J connectivity index is 1.68. The first kappa shape index (κ1) is 34.3. The Morgan fingerprint density at radius 2 is 1.78 bits per heavy atom. The Morgan fingerprint density at radius 3 is 2.35 bits per heavy atom. The monoisotopic (exact) mass is 680 g/mol. The molecule has 0 aromatic rings. The van der Waals surface area contributed by atoms with Gasteiger partial charge in [0.25, 0.3) is 0 Å². The molecule has 0 radical (unpaired) electrons. The average Bonchev–Trinajstić information content (AvgIpc) is 3.25. The van der Waals surface area contributed by atoms with Crippen LogP contribution in [-0.2, 0) is 52.4 Å². The van der Waals surface area contributed by atoms with Gasteiger partial charge in [-0.3, -0.25) is 4.79 Å². The second-order valence-corrected chi connectivity index (χ2v) is 14.8. The van der Waals surface area contributed by atoms with E-state index in [4.69, 9.17) is 18.9 Å². The highest BCUT2D eigenvalue weighted by Crippen LogP contribution is 2.73. The first-order valence-electron chi connectivity index (χ1n) is 14.5. The number of hydrogen-bond donors (Lipinski definition) is 2. The number of Topliss-reactive ketones (excluding diaryl/α,β-unsaturated/α-hetero) is 1. The van der Waals surface area contributed by atoms with Gasteiger partial charge in [-0.25, -0.2) is 14.4 Å². The predicted octanol–water partition coefficient (Wildman–Crippen LogP) is 1.46. The van der Waals surface area contributed by atoms with Gasteiger partial charge in [0, 0.05) is 23.8 Å². The van der Waals surface area contributed by atoms with Crippen LogP contribution in [0, 0.1) is 34.5 Å². The lowest BCUT2D eigenvalue weighted by Crippen LogP contribution is -2.79. The molecule has 13 nitrogen and oxygen atoms in total. The highest BCUT2D eigenvalue weighted by Gasteiger charge is 2.85. The molecule has 5 aliphatic rings. The third-order valence-electron chi connectivity index (χ3n) is 10.8. The molecule has 3 unspecified atom stereocenters. The Labute approximate surface area is 262 Å². The molecule has 1 spiro atoms. The maximum Gasteiger partial charge on any atom is 0.534 e. The largest absolute Gasteiger partial charge is 0.534 e. The number of methoxy groups -OCH3 is 1. The summed E-state index contributed by atoms with van der Waals surface area (Å²) in [5, 5.41) is 23.4. The lowest BCUT2D eigenvalue weighted by molar-refractivity contribution is -0.290. The lowest BCUT2D eigenvalue weighted by atomic mass is 9.38. The van der Waals surface area contributed by atoms with Crippen LogP contribution in [-0.4, -0.2) is 91.6 Å². The second kappa shape index (κ2) is 10.8. The molecule has 2 saturated heterocycles. The van der Waals surface area contributed by atoms with Crippen molar-refractivity contribution in [2.75, 3.05) is 13.7 Å². The van der Waals surface area contributed by atoms with Crippen molar-refractivity contribution in [2.45, 2.75) is 83.0 Å². The fourth-order valence-electron chi connectivity index (χ4n) is 8.63. The summed E-state index contributed by atoms with van der Waals surface area (Å²) in [4.78, 5) is 53.5. The molecular formula is C29H35F3O13S. The summed E-state index contributed by atoms with van der Waals surface area (Å²) in [5.74, 6) is -9.29. The number of fused-ring (bicyclic) bond motifs is 2. The summed E-state index contributed by atoms with van der Waals surface area (Å²) >= 11 is 0. The maximum absolute atomic E-state index is 13.6. The Morgan fingerprint density at radius 1 is 1.15 bits per heavy atom. The number of halogens is 3. The number of aliphatic hydroxyl groups is 2. The summed E-state index contributed by atoms with van der Waals surface area (Å²) < 4.78 is 90.0. The van der Waals surface area contributed by atoms with Crippen LogP contribution in [0.25, 0.3) is 0 Å². The van der Waals surface area contributed by atoms with Crippen LogP contribution in [0.5, 0.6) is 0 Å². The van der Waals surface area contributed by atoms with Gasteiger partial charge < -0.3 is 33.3 Å². The Bertz CT molecular complexity index is 1550. The fraction of sp³-hybridized carbons (Fsp3) is 0.724. The van der Waals surface area contributed by atoms with Crippen molar-refractivity contribution in [3.63, 3.8) is 0 Å². The van der Waals surface area contributed by atoms with Crippen molar-refractivity contribution >= 4 is 33.8 Å². The van der Waals surface area contributed by atoms with E-state index in [0.717, 1.165) is 13.2 Å². The molecule has 2 N–H and O–H groups in total. The number of carbonyl (C=O) groups is 4. The number of esters is 3. The predicted molar refractivity (Wildman–Crippen MR) is 145 cm³/mol. The summed E-state index contributed by atoms with van der Waals surface area (Å²) in [6.07, 6.45) is -6.83. The molecule has 3 aliphatic carbocycles. The van der Waals surface area contributed by atoms with Crippen LogP contribution in [0.4, 0.5) is 13.2 Å². The molecule has 0 aromatic heterocycles. The fourth-order valence-corrected chi connectivity index (χ4v) is 9.16. The molecule has 5 rings (SSSR count). The lowest BCUT2D eigenvalue weighted by Gasteiger charge is -2.67. The second-order valence-electron chi connectivity index (χ2n) is 13.3. The number of ether oxygens (including phenoxy) is 4. The molecule has 2 saturated carbocycles. The molecular weight excluding hydrogens is 645 g/mol. The summed E-state index contributed by atoms with van der Waals surface area (Å²) in [5.41, 5.74) is -10.9. The zero-order chi connectivity index (χ0) is 34.5. The van der Waals surface area contributed by atoms with Gasteiger partial charge in [-0.05, 0) is 43.1 Å². The van der Waals surface area contributed by atoms with Gasteiger partial charge in [0.2, 0.25) is 11.7 Å². The number of rotatable bonds is 6. The van der Waals surface area contributed by atoms with Crippen LogP contribution < -0.4 is 0 Å². The van der Waals surface area contributed by atoms with Crippen LogP contribution in [0.3, 0.4) is 0 Å². The number of ketones is 1. The van der Waals surface area contributed by atoms with Crippen molar-refractivity contribution in [3.05, 3.63) is 23.0 Å². The summed E-state index contributed by atoms with van der Waals surface area (Å²) in [6.45, 7) is 7.57. The van der Waals surface area contributed by atoms with Gasteiger partial charge in [-0.2, -0.15) is 21.6 Å². The van der Waals surface area contributed by atoms with E-state index in [1.54, 1.807) is 6.92 Å². The molecule has 46 heavy (non-hydrogen) atoms. The third kappa shape index (κ3) is 4.48. The van der Waals surface area contributed by atoms with Gasteiger partial charge in [0.1, 0.15) is 12.2 Å². The van der Waals surface area contributed by atoms with Crippen molar-refractivity contribution in [1.82, 2.24) is 0 Å². The molecule has 17 heteroatoms. The van der Waals surface area contributed by atoms with Crippen molar-refractivity contribution in [2.24, 2.45) is 34.5 Å². The van der Waals surface area contributed by atoms with E-state index in [1.807, 2.05) is 13.8 Å². The normalized spacial score (nSPS) is 40.6.